The summed E-state index contributed by atoms with van der Waals surface area (Å²) in [5, 5.41) is 2.56. The molecule has 1 atom stereocenters. The van der Waals surface area contributed by atoms with E-state index in [9.17, 15) is 9.59 Å². The fraction of sp³-hybridized carbons (Fsp3) is 0.600. The maximum Gasteiger partial charge on any atom is 0.396 e. The summed E-state index contributed by atoms with van der Waals surface area (Å²) in [7, 11) is 1.20. The SMILES string of the molecule is COC(=O)C(=O)NCC1CC=CCC1. The molecule has 1 rings (SSSR count). The molecule has 0 aromatic rings. The molecule has 1 N–H and O–H groups in total. The van der Waals surface area contributed by atoms with Crippen LogP contribution in [0, 0.1) is 5.92 Å². The van der Waals surface area contributed by atoms with Gasteiger partial charge in [0.2, 0.25) is 0 Å². The third kappa shape index (κ3) is 3.20. The Balaban J connectivity index is 2.22. The van der Waals surface area contributed by atoms with E-state index in [4.69, 9.17) is 0 Å². The van der Waals surface area contributed by atoms with Crippen LogP contribution in [-0.4, -0.2) is 25.5 Å². The predicted molar refractivity (Wildman–Crippen MR) is 51.5 cm³/mol. The van der Waals surface area contributed by atoms with E-state index < -0.39 is 11.9 Å². The van der Waals surface area contributed by atoms with E-state index in [1.54, 1.807) is 0 Å². The van der Waals surface area contributed by atoms with Gasteiger partial charge >= 0.3 is 11.9 Å². The monoisotopic (exact) mass is 197 g/mol. The Morgan fingerprint density at radius 1 is 1.50 bits per heavy atom. The van der Waals surface area contributed by atoms with Gasteiger partial charge in [-0.15, -0.1) is 0 Å². The van der Waals surface area contributed by atoms with Crippen molar-refractivity contribution in [3.05, 3.63) is 12.2 Å². The van der Waals surface area contributed by atoms with Gasteiger partial charge in [0.1, 0.15) is 0 Å². The van der Waals surface area contributed by atoms with E-state index in [2.05, 4.69) is 22.2 Å². The average molecular weight is 197 g/mol. The zero-order valence-electron chi connectivity index (χ0n) is 8.29. The Morgan fingerprint density at radius 3 is 2.86 bits per heavy atom. The number of methoxy groups -OCH3 is 1. The minimum atomic E-state index is -0.823. The highest BCUT2D eigenvalue weighted by Crippen LogP contribution is 2.16. The summed E-state index contributed by atoms with van der Waals surface area (Å²) in [6.45, 7) is 0.554. The Bertz CT molecular complexity index is 248. The number of nitrogens with one attached hydrogen (secondary N) is 1. The average Bonchev–Trinajstić information content (AvgIpc) is 2.26. The molecule has 78 valence electrons. The van der Waals surface area contributed by atoms with Crippen LogP contribution in [0.5, 0.6) is 0 Å². The third-order valence-electron chi connectivity index (χ3n) is 2.30. The third-order valence-corrected chi connectivity index (χ3v) is 2.30. The summed E-state index contributed by atoms with van der Waals surface area (Å²) in [5.74, 6) is -1.02. The molecule has 14 heavy (non-hydrogen) atoms. The highest BCUT2D eigenvalue weighted by molar-refractivity contribution is 6.32. The Kier molecular flexibility index (Phi) is 4.16. The minimum absolute atomic E-state index is 0.452. The molecule has 1 aliphatic rings. The largest absolute Gasteiger partial charge is 0.462 e. The van der Waals surface area contributed by atoms with Gasteiger partial charge in [-0.1, -0.05) is 12.2 Å². The zero-order chi connectivity index (χ0) is 10.4. The van der Waals surface area contributed by atoms with E-state index in [1.807, 2.05) is 0 Å². The van der Waals surface area contributed by atoms with Gasteiger partial charge in [0.15, 0.2) is 0 Å². The molecule has 0 saturated heterocycles. The van der Waals surface area contributed by atoms with Crippen LogP contribution in [0.3, 0.4) is 0 Å². The summed E-state index contributed by atoms with van der Waals surface area (Å²) in [6.07, 6.45) is 7.34. The van der Waals surface area contributed by atoms with Gasteiger partial charge in [0.05, 0.1) is 7.11 Å². The Labute approximate surface area is 83.3 Å². The summed E-state index contributed by atoms with van der Waals surface area (Å²) in [6, 6.07) is 0. The van der Waals surface area contributed by atoms with Crippen molar-refractivity contribution in [1.82, 2.24) is 5.32 Å². The number of hydrogen-bond donors (Lipinski definition) is 1. The first kappa shape index (κ1) is 10.8. The maximum absolute atomic E-state index is 11.0. The van der Waals surface area contributed by atoms with Crippen LogP contribution < -0.4 is 5.32 Å². The highest BCUT2D eigenvalue weighted by atomic mass is 16.5. The summed E-state index contributed by atoms with van der Waals surface area (Å²) in [4.78, 5) is 21.7. The molecule has 0 aliphatic heterocycles. The van der Waals surface area contributed by atoms with Crippen LogP contribution in [0.4, 0.5) is 0 Å². The number of ether oxygens (including phenoxy) is 1. The van der Waals surface area contributed by atoms with E-state index in [-0.39, 0.29) is 0 Å². The number of carbonyl (C=O) groups excluding carboxylic acids is 2. The number of hydrogen-bond acceptors (Lipinski definition) is 3. The molecule has 1 unspecified atom stereocenters. The summed E-state index contributed by atoms with van der Waals surface area (Å²) < 4.78 is 4.29. The molecule has 1 aliphatic carbocycles. The van der Waals surface area contributed by atoms with E-state index >= 15 is 0 Å². The molecule has 0 fully saturated rings. The first-order valence-corrected chi connectivity index (χ1v) is 4.75. The zero-order valence-corrected chi connectivity index (χ0v) is 8.29. The molecule has 0 heterocycles. The molecule has 0 radical (unpaired) electrons. The van der Waals surface area contributed by atoms with Gasteiger partial charge in [-0.25, -0.2) is 4.79 Å². The van der Waals surface area contributed by atoms with Crippen LogP contribution in [0.25, 0.3) is 0 Å². The molecule has 0 spiro atoms. The van der Waals surface area contributed by atoms with Crippen LogP contribution in [0.15, 0.2) is 12.2 Å². The van der Waals surface area contributed by atoms with Gasteiger partial charge in [-0.05, 0) is 25.2 Å². The van der Waals surface area contributed by atoms with E-state index in [0.29, 0.717) is 12.5 Å². The maximum atomic E-state index is 11.0. The van der Waals surface area contributed by atoms with Crippen molar-refractivity contribution in [2.24, 2.45) is 5.92 Å². The number of rotatable bonds is 2. The smallest absolute Gasteiger partial charge is 0.396 e. The topological polar surface area (TPSA) is 55.4 Å². The number of allylic oxidation sites excluding steroid dienone is 2. The van der Waals surface area contributed by atoms with Crippen molar-refractivity contribution in [3.8, 4) is 0 Å². The second-order valence-electron chi connectivity index (χ2n) is 3.35. The van der Waals surface area contributed by atoms with Gasteiger partial charge in [0.25, 0.3) is 0 Å². The lowest BCUT2D eigenvalue weighted by Crippen LogP contribution is -2.35. The lowest BCUT2D eigenvalue weighted by molar-refractivity contribution is -0.152. The van der Waals surface area contributed by atoms with Crippen molar-refractivity contribution in [1.29, 1.82) is 0 Å². The highest BCUT2D eigenvalue weighted by Gasteiger charge is 2.16. The molecular weight excluding hydrogens is 182 g/mol. The van der Waals surface area contributed by atoms with Crippen molar-refractivity contribution in [2.75, 3.05) is 13.7 Å². The molecule has 0 aromatic heterocycles. The second kappa shape index (κ2) is 5.42. The number of amides is 1. The minimum Gasteiger partial charge on any atom is -0.462 e. The van der Waals surface area contributed by atoms with Crippen molar-refractivity contribution >= 4 is 11.9 Å². The molecule has 1 amide bonds. The van der Waals surface area contributed by atoms with Gasteiger partial charge in [-0.2, -0.15) is 0 Å². The Hall–Kier alpha value is -1.32. The molecule has 0 saturated carbocycles. The van der Waals surface area contributed by atoms with E-state index in [1.165, 1.54) is 7.11 Å². The summed E-state index contributed by atoms with van der Waals surface area (Å²) >= 11 is 0. The van der Waals surface area contributed by atoms with Crippen molar-refractivity contribution < 1.29 is 14.3 Å². The van der Waals surface area contributed by atoms with Crippen LogP contribution >= 0.6 is 0 Å². The summed E-state index contributed by atoms with van der Waals surface area (Å²) in [5.41, 5.74) is 0. The lowest BCUT2D eigenvalue weighted by atomic mass is 9.94. The second-order valence-corrected chi connectivity index (χ2v) is 3.35. The predicted octanol–water partition coefficient (Wildman–Crippen LogP) is 0.632. The quantitative estimate of drug-likeness (QED) is 0.401. The first-order valence-electron chi connectivity index (χ1n) is 4.75. The van der Waals surface area contributed by atoms with Crippen molar-refractivity contribution in [3.63, 3.8) is 0 Å². The molecule has 0 bridgehead atoms. The molecule has 4 nitrogen and oxygen atoms in total. The standard InChI is InChI=1S/C10H15NO3/c1-14-10(13)9(12)11-7-8-5-3-2-4-6-8/h2-3,8H,4-7H2,1H3,(H,11,12). The molecular formula is C10H15NO3. The molecule has 4 heteroatoms. The van der Waals surface area contributed by atoms with Crippen molar-refractivity contribution in [2.45, 2.75) is 19.3 Å². The van der Waals surface area contributed by atoms with Crippen LogP contribution in [0.2, 0.25) is 0 Å². The van der Waals surface area contributed by atoms with Crippen LogP contribution in [-0.2, 0) is 14.3 Å². The Morgan fingerprint density at radius 2 is 2.29 bits per heavy atom. The van der Waals surface area contributed by atoms with Gasteiger partial charge in [0, 0.05) is 6.54 Å². The van der Waals surface area contributed by atoms with Gasteiger partial charge in [-0.3, -0.25) is 4.79 Å². The fourth-order valence-corrected chi connectivity index (χ4v) is 1.44. The van der Waals surface area contributed by atoms with E-state index in [0.717, 1.165) is 19.3 Å². The number of carbonyl (C=O) groups is 2. The number of esters is 1. The van der Waals surface area contributed by atoms with Crippen LogP contribution in [0.1, 0.15) is 19.3 Å². The normalized spacial score (nSPS) is 20.2. The van der Waals surface area contributed by atoms with Gasteiger partial charge < -0.3 is 10.1 Å². The lowest BCUT2D eigenvalue weighted by Gasteiger charge is -2.17. The first-order chi connectivity index (χ1) is 6.74. The fourth-order valence-electron chi connectivity index (χ4n) is 1.44. The molecule has 0 aromatic carbocycles.